The highest BCUT2D eigenvalue weighted by Gasteiger charge is 2.18. The van der Waals surface area contributed by atoms with E-state index in [1.807, 2.05) is 6.08 Å². The van der Waals surface area contributed by atoms with Crippen LogP contribution < -0.4 is 0 Å². The standard InChI is InChI=1S/C16H15NO/c1-3-6-14-12(2)18-10-9-17-15-8-5-4-7-13(15)11-16(14)17/h3-8,11H,1-2,9-10H2/b14-6+. The number of hydrogen-bond acceptors (Lipinski definition) is 1. The van der Waals surface area contributed by atoms with Gasteiger partial charge in [0.25, 0.3) is 0 Å². The van der Waals surface area contributed by atoms with Crippen molar-refractivity contribution in [2.45, 2.75) is 6.54 Å². The van der Waals surface area contributed by atoms with Crippen molar-refractivity contribution >= 4 is 16.5 Å². The van der Waals surface area contributed by atoms with E-state index in [1.165, 1.54) is 10.9 Å². The Hall–Kier alpha value is -2.22. The zero-order chi connectivity index (χ0) is 12.5. The van der Waals surface area contributed by atoms with Crippen LogP contribution in [0.15, 0.2) is 61.4 Å². The van der Waals surface area contributed by atoms with Crippen LogP contribution in [0.25, 0.3) is 16.5 Å². The summed E-state index contributed by atoms with van der Waals surface area (Å²) < 4.78 is 7.91. The van der Waals surface area contributed by atoms with Gasteiger partial charge in [-0.1, -0.05) is 37.4 Å². The third-order valence-electron chi connectivity index (χ3n) is 3.26. The van der Waals surface area contributed by atoms with E-state index in [2.05, 4.69) is 48.1 Å². The summed E-state index contributed by atoms with van der Waals surface area (Å²) in [7, 11) is 0. The second-order valence-corrected chi connectivity index (χ2v) is 4.33. The fourth-order valence-electron chi connectivity index (χ4n) is 2.45. The first-order valence-electron chi connectivity index (χ1n) is 6.04. The molecule has 2 heterocycles. The lowest BCUT2D eigenvalue weighted by Crippen LogP contribution is -2.02. The molecule has 18 heavy (non-hydrogen) atoms. The summed E-state index contributed by atoms with van der Waals surface area (Å²) in [5.41, 5.74) is 3.40. The number of fused-ring (bicyclic) bond motifs is 3. The number of hydrogen-bond donors (Lipinski definition) is 0. The van der Waals surface area contributed by atoms with Crippen molar-refractivity contribution < 1.29 is 4.74 Å². The number of aromatic nitrogens is 1. The van der Waals surface area contributed by atoms with Gasteiger partial charge < -0.3 is 9.30 Å². The molecule has 1 aromatic heterocycles. The van der Waals surface area contributed by atoms with Gasteiger partial charge in [0.2, 0.25) is 0 Å². The molecule has 0 saturated carbocycles. The predicted octanol–water partition coefficient (Wildman–Crippen LogP) is 3.75. The van der Waals surface area contributed by atoms with Crippen molar-refractivity contribution in [3.8, 4) is 0 Å². The van der Waals surface area contributed by atoms with Gasteiger partial charge in [0.1, 0.15) is 12.4 Å². The van der Waals surface area contributed by atoms with Gasteiger partial charge in [-0.2, -0.15) is 0 Å². The predicted molar refractivity (Wildman–Crippen MR) is 75.2 cm³/mol. The lowest BCUT2D eigenvalue weighted by Gasteiger charge is -2.06. The molecule has 2 heteroatoms. The minimum Gasteiger partial charge on any atom is -0.492 e. The second-order valence-electron chi connectivity index (χ2n) is 4.33. The molecule has 90 valence electrons. The molecule has 1 aliphatic heterocycles. The molecule has 0 N–H and O–H groups in total. The molecule has 1 aliphatic rings. The molecule has 2 aromatic rings. The topological polar surface area (TPSA) is 14.2 Å². The van der Waals surface area contributed by atoms with Crippen LogP contribution in [-0.2, 0) is 11.3 Å². The van der Waals surface area contributed by atoms with Crippen molar-refractivity contribution in [2.75, 3.05) is 6.61 Å². The molecule has 0 aliphatic carbocycles. The summed E-state index contributed by atoms with van der Waals surface area (Å²) in [4.78, 5) is 0. The van der Waals surface area contributed by atoms with Crippen LogP contribution in [0.1, 0.15) is 5.69 Å². The average molecular weight is 237 g/mol. The smallest absolute Gasteiger partial charge is 0.121 e. The van der Waals surface area contributed by atoms with Crippen LogP contribution in [0.3, 0.4) is 0 Å². The van der Waals surface area contributed by atoms with E-state index in [1.54, 1.807) is 6.08 Å². The summed E-state index contributed by atoms with van der Waals surface area (Å²) in [5.74, 6) is 0.719. The summed E-state index contributed by atoms with van der Waals surface area (Å²) in [6.45, 7) is 9.25. The van der Waals surface area contributed by atoms with Crippen LogP contribution in [0.5, 0.6) is 0 Å². The number of para-hydroxylation sites is 1. The maximum atomic E-state index is 5.63. The second kappa shape index (κ2) is 4.22. The zero-order valence-electron chi connectivity index (χ0n) is 10.2. The summed E-state index contributed by atoms with van der Waals surface area (Å²) in [6.07, 6.45) is 3.73. The Kier molecular flexibility index (Phi) is 2.56. The summed E-state index contributed by atoms with van der Waals surface area (Å²) in [5, 5.41) is 1.25. The highest BCUT2D eigenvalue weighted by atomic mass is 16.5. The number of allylic oxidation sites excluding steroid dienone is 3. The Morgan fingerprint density at radius 1 is 1.28 bits per heavy atom. The van der Waals surface area contributed by atoms with Gasteiger partial charge in [0, 0.05) is 16.5 Å². The van der Waals surface area contributed by atoms with Crippen LogP contribution in [-0.4, -0.2) is 11.2 Å². The van der Waals surface area contributed by atoms with Crippen LogP contribution in [0.2, 0.25) is 0 Å². The number of nitrogens with zero attached hydrogens (tertiary/aromatic N) is 1. The van der Waals surface area contributed by atoms with Gasteiger partial charge in [-0.25, -0.2) is 0 Å². The minimum atomic E-state index is 0.652. The average Bonchev–Trinajstić information content (AvgIpc) is 2.67. The first kappa shape index (κ1) is 10.9. The monoisotopic (exact) mass is 237 g/mol. The molecule has 0 spiro atoms. The van der Waals surface area contributed by atoms with Crippen LogP contribution >= 0.6 is 0 Å². The number of ether oxygens (including phenoxy) is 1. The largest absolute Gasteiger partial charge is 0.492 e. The van der Waals surface area contributed by atoms with E-state index in [0.717, 1.165) is 23.6 Å². The van der Waals surface area contributed by atoms with Crippen molar-refractivity contribution in [2.24, 2.45) is 0 Å². The molecule has 0 saturated heterocycles. The highest BCUT2D eigenvalue weighted by molar-refractivity contribution is 5.89. The Morgan fingerprint density at radius 3 is 2.94 bits per heavy atom. The molecular weight excluding hydrogens is 222 g/mol. The van der Waals surface area contributed by atoms with Gasteiger partial charge in [-0.3, -0.25) is 0 Å². The Morgan fingerprint density at radius 2 is 2.11 bits per heavy atom. The first-order valence-corrected chi connectivity index (χ1v) is 6.04. The minimum absolute atomic E-state index is 0.652. The van der Waals surface area contributed by atoms with E-state index in [4.69, 9.17) is 4.74 Å². The maximum absolute atomic E-state index is 5.63. The summed E-state index contributed by atoms with van der Waals surface area (Å²) >= 11 is 0. The zero-order valence-corrected chi connectivity index (χ0v) is 10.2. The SMILES string of the molecule is C=C/C=C1\C(=C)OCCn2c1cc1ccccc12. The molecule has 3 rings (SSSR count). The van der Waals surface area contributed by atoms with E-state index < -0.39 is 0 Å². The molecule has 2 nitrogen and oxygen atoms in total. The summed E-state index contributed by atoms with van der Waals surface area (Å²) in [6, 6.07) is 10.6. The van der Waals surface area contributed by atoms with Gasteiger partial charge in [-0.15, -0.1) is 0 Å². The maximum Gasteiger partial charge on any atom is 0.121 e. The van der Waals surface area contributed by atoms with E-state index in [9.17, 15) is 0 Å². The van der Waals surface area contributed by atoms with Crippen molar-refractivity contribution in [1.82, 2.24) is 4.57 Å². The molecular formula is C16H15NO. The molecule has 0 unspecified atom stereocenters. The number of benzene rings is 1. The van der Waals surface area contributed by atoms with Crippen molar-refractivity contribution in [3.63, 3.8) is 0 Å². The molecule has 0 atom stereocenters. The normalized spacial score (nSPS) is 17.3. The molecule has 0 radical (unpaired) electrons. The number of rotatable bonds is 1. The molecule has 0 bridgehead atoms. The van der Waals surface area contributed by atoms with E-state index in [-0.39, 0.29) is 0 Å². The highest BCUT2D eigenvalue weighted by Crippen LogP contribution is 2.31. The lowest BCUT2D eigenvalue weighted by molar-refractivity contribution is 0.224. The Labute approximate surface area is 106 Å². The van der Waals surface area contributed by atoms with E-state index >= 15 is 0 Å². The lowest BCUT2D eigenvalue weighted by atomic mass is 10.1. The van der Waals surface area contributed by atoms with Gasteiger partial charge in [-0.05, 0) is 18.2 Å². The van der Waals surface area contributed by atoms with Crippen LogP contribution in [0.4, 0.5) is 0 Å². The van der Waals surface area contributed by atoms with Crippen molar-refractivity contribution in [1.29, 1.82) is 0 Å². The fourth-order valence-corrected chi connectivity index (χ4v) is 2.45. The Balaban J connectivity index is 2.31. The van der Waals surface area contributed by atoms with E-state index in [0.29, 0.717) is 6.61 Å². The van der Waals surface area contributed by atoms with Gasteiger partial charge in [0.15, 0.2) is 0 Å². The first-order chi connectivity index (χ1) is 8.81. The molecule has 1 aromatic carbocycles. The van der Waals surface area contributed by atoms with Gasteiger partial charge >= 0.3 is 0 Å². The fraction of sp³-hybridized carbons (Fsp3) is 0.125. The van der Waals surface area contributed by atoms with Crippen LogP contribution in [0, 0.1) is 0 Å². The Bertz CT molecular complexity index is 661. The van der Waals surface area contributed by atoms with Crippen molar-refractivity contribution in [3.05, 3.63) is 67.1 Å². The van der Waals surface area contributed by atoms with Gasteiger partial charge in [0.05, 0.1) is 12.2 Å². The third kappa shape index (κ3) is 1.58. The quantitative estimate of drug-likeness (QED) is 0.736. The molecule has 0 amide bonds. The third-order valence-corrected chi connectivity index (χ3v) is 3.26. The molecule has 0 fully saturated rings.